The molecule has 0 radical (unpaired) electrons. The lowest BCUT2D eigenvalue weighted by atomic mass is 9.98. The van der Waals surface area contributed by atoms with E-state index in [1.165, 1.54) is 18.9 Å². The van der Waals surface area contributed by atoms with Crippen molar-refractivity contribution in [1.29, 1.82) is 0 Å². The molecule has 3 rings (SSSR count). The highest BCUT2D eigenvalue weighted by molar-refractivity contribution is 7.80. The number of nitrogens with zero attached hydrogens (tertiary/aromatic N) is 1. The minimum atomic E-state index is -0.376. The Morgan fingerprint density at radius 1 is 1.15 bits per heavy atom. The van der Waals surface area contributed by atoms with Crippen LogP contribution in [0.1, 0.15) is 30.1 Å². The molecule has 7 heteroatoms. The van der Waals surface area contributed by atoms with Gasteiger partial charge in [-0.25, -0.2) is 0 Å². The van der Waals surface area contributed by atoms with Crippen molar-refractivity contribution < 1.29 is 4.79 Å². The first kappa shape index (κ1) is 19.9. The van der Waals surface area contributed by atoms with Gasteiger partial charge in [0.05, 0.1) is 22.0 Å². The van der Waals surface area contributed by atoms with Crippen molar-refractivity contribution in [2.24, 2.45) is 5.92 Å². The van der Waals surface area contributed by atoms with Crippen LogP contribution in [0.15, 0.2) is 42.5 Å². The normalized spacial score (nSPS) is 14.7. The molecule has 142 valence electrons. The molecule has 0 aliphatic carbocycles. The van der Waals surface area contributed by atoms with Gasteiger partial charge < -0.3 is 10.2 Å². The van der Waals surface area contributed by atoms with Crippen molar-refractivity contribution in [3.63, 3.8) is 0 Å². The molecule has 2 aromatic carbocycles. The number of carbonyl (C=O) groups excluding carboxylic acids is 1. The number of benzene rings is 2. The lowest BCUT2D eigenvalue weighted by Crippen LogP contribution is -2.36. The maximum Gasteiger partial charge on any atom is 0.258 e. The van der Waals surface area contributed by atoms with Gasteiger partial charge in [-0.3, -0.25) is 10.1 Å². The fraction of sp³-hybridized carbons (Fsp3) is 0.300. The molecule has 2 aromatic rings. The number of para-hydroxylation sites is 2. The van der Waals surface area contributed by atoms with Gasteiger partial charge in [0, 0.05) is 18.1 Å². The van der Waals surface area contributed by atoms with Gasteiger partial charge in [0.2, 0.25) is 0 Å². The Balaban J connectivity index is 1.68. The second-order valence-corrected chi connectivity index (χ2v) is 7.97. The first-order valence-corrected chi connectivity index (χ1v) is 10.0. The molecule has 1 heterocycles. The standard InChI is InChI=1S/C20H21Cl2N3OS/c1-13-8-10-25(11-9-13)18-5-3-2-4-17(18)23-20(27)24-19(26)15-7-6-14(21)12-16(15)22/h2-7,12-13H,8-11H2,1H3,(H2,23,24,26,27). The van der Waals surface area contributed by atoms with Crippen LogP contribution in [0.5, 0.6) is 0 Å². The van der Waals surface area contributed by atoms with Gasteiger partial charge in [-0.05, 0) is 61.3 Å². The van der Waals surface area contributed by atoms with Crippen molar-refractivity contribution >= 4 is 57.8 Å². The van der Waals surface area contributed by atoms with Gasteiger partial charge in [-0.1, -0.05) is 42.3 Å². The Kier molecular flexibility index (Phi) is 6.58. The Bertz CT molecular complexity index is 851. The van der Waals surface area contributed by atoms with Crippen LogP contribution in [0.2, 0.25) is 10.0 Å². The maximum absolute atomic E-state index is 12.4. The number of carbonyl (C=O) groups is 1. The Hall–Kier alpha value is -1.82. The zero-order valence-electron chi connectivity index (χ0n) is 15.0. The Morgan fingerprint density at radius 2 is 1.85 bits per heavy atom. The number of amides is 1. The molecule has 0 unspecified atom stereocenters. The summed E-state index contributed by atoms with van der Waals surface area (Å²) in [6, 6.07) is 12.7. The average molecular weight is 422 g/mol. The summed E-state index contributed by atoms with van der Waals surface area (Å²) in [7, 11) is 0. The third-order valence-corrected chi connectivity index (χ3v) is 5.43. The summed E-state index contributed by atoms with van der Waals surface area (Å²) in [5, 5.41) is 6.80. The van der Waals surface area contributed by atoms with E-state index < -0.39 is 0 Å². The Morgan fingerprint density at radius 3 is 2.56 bits per heavy atom. The lowest BCUT2D eigenvalue weighted by molar-refractivity contribution is 0.0978. The molecule has 4 nitrogen and oxygen atoms in total. The van der Waals surface area contributed by atoms with Crippen LogP contribution in [-0.2, 0) is 0 Å². The zero-order chi connectivity index (χ0) is 19.4. The minimum Gasteiger partial charge on any atom is -0.370 e. The molecule has 0 saturated carbocycles. The van der Waals surface area contributed by atoms with Crippen molar-refractivity contribution in [2.75, 3.05) is 23.3 Å². The highest BCUT2D eigenvalue weighted by atomic mass is 35.5. The van der Waals surface area contributed by atoms with Gasteiger partial charge in [-0.2, -0.15) is 0 Å². The van der Waals surface area contributed by atoms with Crippen LogP contribution >= 0.6 is 35.4 Å². The summed E-state index contributed by atoms with van der Waals surface area (Å²) < 4.78 is 0. The van der Waals surface area contributed by atoms with Crippen LogP contribution in [0, 0.1) is 5.92 Å². The third-order valence-electron chi connectivity index (χ3n) is 4.68. The van der Waals surface area contributed by atoms with Crippen molar-refractivity contribution in [3.05, 3.63) is 58.1 Å². The van der Waals surface area contributed by atoms with E-state index >= 15 is 0 Å². The quantitative estimate of drug-likeness (QED) is 0.654. The number of anilines is 2. The van der Waals surface area contributed by atoms with E-state index in [0.29, 0.717) is 10.6 Å². The molecule has 1 aliphatic rings. The number of rotatable bonds is 3. The largest absolute Gasteiger partial charge is 0.370 e. The number of hydrogen-bond donors (Lipinski definition) is 2. The molecule has 0 atom stereocenters. The summed E-state index contributed by atoms with van der Waals surface area (Å²) >= 11 is 17.3. The van der Waals surface area contributed by atoms with E-state index in [-0.39, 0.29) is 16.0 Å². The summed E-state index contributed by atoms with van der Waals surface area (Å²) in [6.45, 7) is 4.31. The summed E-state index contributed by atoms with van der Waals surface area (Å²) in [5.74, 6) is 0.379. The second kappa shape index (κ2) is 8.91. The maximum atomic E-state index is 12.4. The van der Waals surface area contributed by atoms with Crippen molar-refractivity contribution in [1.82, 2.24) is 5.32 Å². The molecule has 1 amide bonds. The van der Waals surface area contributed by atoms with E-state index in [1.807, 2.05) is 18.2 Å². The first-order valence-electron chi connectivity index (χ1n) is 8.85. The molecule has 2 N–H and O–H groups in total. The average Bonchev–Trinajstić information content (AvgIpc) is 2.62. The smallest absolute Gasteiger partial charge is 0.258 e. The monoisotopic (exact) mass is 421 g/mol. The number of halogens is 2. The first-order chi connectivity index (χ1) is 12.9. The Labute approximate surface area is 174 Å². The predicted octanol–water partition coefficient (Wildman–Crippen LogP) is 5.36. The molecule has 27 heavy (non-hydrogen) atoms. The number of thiocarbonyl (C=S) groups is 1. The second-order valence-electron chi connectivity index (χ2n) is 6.72. The van der Waals surface area contributed by atoms with Crippen molar-refractivity contribution in [2.45, 2.75) is 19.8 Å². The van der Waals surface area contributed by atoms with E-state index in [9.17, 15) is 4.79 Å². The van der Waals surface area contributed by atoms with Crippen LogP contribution in [0.4, 0.5) is 11.4 Å². The van der Waals surface area contributed by atoms with Gasteiger partial charge in [-0.15, -0.1) is 0 Å². The van der Waals surface area contributed by atoms with Crippen LogP contribution in [-0.4, -0.2) is 24.1 Å². The van der Waals surface area contributed by atoms with Crippen LogP contribution in [0.25, 0.3) is 0 Å². The van der Waals surface area contributed by atoms with Gasteiger partial charge in [0.25, 0.3) is 5.91 Å². The molecular weight excluding hydrogens is 401 g/mol. The fourth-order valence-electron chi connectivity index (χ4n) is 3.10. The molecule has 1 saturated heterocycles. The van der Waals surface area contributed by atoms with Crippen LogP contribution in [0.3, 0.4) is 0 Å². The highest BCUT2D eigenvalue weighted by Gasteiger charge is 2.19. The number of hydrogen-bond acceptors (Lipinski definition) is 3. The fourth-order valence-corrected chi connectivity index (χ4v) is 3.80. The minimum absolute atomic E-state index is 0.226. The zero-order valence-corrected chi connectivity index (χ0v) is 17.3. The van der Waals surface area contributed by atoms with Gasteiger partial charge in [0.1, 0.15) is 0 Å². The number of piperidine rings is 1. The van der Waals surface area contributed by atoms with Crippen molar-refractivity contribution in [3.8, 4) is 0 Å². The molecule has 0 aromatic heterocycles. The summed E-state index contributed by atoms with van der Waals surface area (Å²) in [4.78, 5) is 14.8. The number of nitrogens with one attached hydrogen (secondary N) is 2. The summed E-state index contributed by atoms with van der Waals surface area (Å²) in [5.41, 5.74) is 2.29. The van der Waals surface area contributed by atoms with Gasteiger partial charge in [0.15, 0.2) is 5.11 Å². The van der Waals surface area contributed by atoms with Gasteiger partial charge >= 0.3 is 0 Å². The van der Waals surface area contributed by atoms with Crippen LogP contribution < -0.4 is 15.5 Å². The molecule has 0 bridgehead atoms. The molecule has 0 spiro atoms. The summed E-state index contributed by atoms with van der Waals surface area (Å²) in [6.07, 6.45) is 2.34. The lowest BCUT2D eigenvalue weighted by Gasteiger charge is -2.33. The highest BCUT2D eigenvalue weighted by Crippen LogP contribution is 2.29. The predicted molar refractivity (Wildman–Crippen MR) is 117 cm³/mol. The third kappa shape index (κ3) is 5.12. The van der Waals surface area contributed by atoms with E-state index in [4.69, 9.17) is 35.4 Å². The van der Waals surface area contributed by atoms with E-state index in [1.54, 1.807) is 12.1 Å². The molecule has 1 aliphatic heterocycles. The topological polar surface area (TPSA) is 44.4 Å². The molecule has 1 fully saturated rings. The SMILES string of the molecule is CC1CCN(c2ccccc2NC(=S)NC(=O)c2ccc(Cl)cc2Cl)CC1. The molecular formula is C20H21Cl2N3OS. The van der Waals surface area contributed by atoms with E-state index in [2.05, 4.69) is 28.5 Å². The van der Waals surface area contributed by atoms with E-state index in [0.717, 1.165) is 30.4 Å².